The molecule has 4 rings (SSSR count). The number of carboxylic acid groups (broad SMARTS) is 1. The Kier molecular flexibility index (Phi) is 7.84. The van der Waals surface area contributed by atoms with Crippen molar-refractivity contribution in [2.24, 2.45) is 11.8 Å². The number of nitrogens with zero attached hydrogens (tertiary/aromatic N) is 3. The number of carbonyl (C=O) groups excluding carboxylic acids is 4. The number of nitrogens with one attached hydrogen (secondary N) is 2. The molecule has 0 bridgehead atoms. The van der Waals surface area contributed by atoms with Gasteiger partial charge in [0.1, 0.15) is 5.70 Å². The summed E-state index contributed by atoms with van der Waals surface area (Å²) in [6.45, 7) is 10.4. The number of hydrogen-bond acceptors (Lipinski definition) is 8. The van der Waals surface area contributed by atoms with Gasteiger partial charge in [0.25, 0.3) is 0 Å². The van der Waals surface area contributed by atoms with Crippen LogP contribution >= 0.6 is 11.8 Å². The second kappa shape index (κ2) is 10.5. The lowest BCUT2D eigenvalue weighted by Gasteiger charge is -2.46. The average Bonchev–Trinajstić information content (AvgIpc) is 3.49. The van der Waals surface area contributed by atoms with Crippen LogP contribution in [0.25, 0.3) is 0 Å². The van der Waals surface area contributed by atoms with E-state index in [1.165, 1.54) is 28.5 Å². The first-order chi connectivity index (χ1) is 17.7. The number of urea groups is 1. The Labute approximate surface area is 226 Å². The lowest BCUT2D eigenvalue weighted by molar-refractivity contribution is -0.163. The first kappa shape index (κ1) is 28.4. The van der Waals surface area contributed by atoms with E-state index in [1.54, 1.807) is 4.90 Å². The second-order valence-electron chi connectivity index (χ2n) is 11.5. The van der Waals surface area contributed by atoms with Gasteiger partial charge in [-0.25, -0.2) is 9.59 Å². The van der Waals surface area contributed by atoms with Gasteiger partial charge in [0, 0.05) is 36.0 Å². The maximum absolute atomic E-state index is 13.3. The predicted molar refractivity (Wildman–Crippen MR) is 139 cm³/mol. The number of carboxylic acids is 1. The van der Waals surface area contributed by atoms with Crippen molar-refractivity contribution < 1.29 is 34.2 Å². The van der Waals surface area contributed by atoms with E-state index in [4.69, 9.17) is 0 Å². The first-order valence-electron chi connectivity index (χ1n) is 13.0. The van der Waals surface area contributed by atoms with Crippen molar-refractivity contribution in [1.29, 1.82) is 0 Å². The molecule has 0 aliphatic carbocycles. The Hall–Kier alpha value is -2.64. The molecule has 1 unspecified atom stereocenters. The summed E-state index contributed by atoms with van der Waals surface area (Å²) in [4.78, 5) is 67.7. The van der Waals surface area contributed by atoms with Gasteiger partial charge in [-0.1, -0.05) is 6.92 Å². The summed E-state index contributed by atoms with van der Waals surface area (Å²) in [5.74, 6) is -3.12. The minimum Gasteiger partial charge on any atom is -0.477 e. The summed E-state index contributed by atoms with van der Waals surface area (Å²) < 4.78 is 0. The van der Waals surface area contributed by atoms with E-state index < -0.39 is 47.1 Å². The topological polar surface area (TPSA) is 160 Å². The van der Waals surface area contributed by atoms with Gasteiger partial charge in [-0.15, -0.1) is 11.8 Å². The summed E-state index contributed by atoms with van der Waals surface area (Å²) in [6, 6.07) is -1.09. The van der Waals surface area contributed by atoms with Crippen LogP contribution in [0.4, 0.5) is 4.79 Å². The van der Waals surface area contributed by atoms with Crippen LogP contribution in [0.15, 0.2) is 10.6 Å². The van der Waals surface area contributed by atoms with Gasteiger partial charge in [0.15, 0.2) is 0 Å². The summed E-state index contributed by atoms with van der Waals surface area (Å²) >= 11 is 1.20. The average molecular weight is 552 g/mol. The van der Waals surface area contributed by atoms with E-state index in [0.29, 0.717) is 37.4 Å². The number of thioether (sulfide) groups is 1. The highest BCUT2D eigenvalue weighted by Crippen LogP contribution is 2.52. The van der Waals surface area contributed by atoms with E-state index in [1.807, 2.05) is 27.7 Å². The molecule has 0 aromatic heterocycles. The standard InChI is InChI=1S/C25H37N5O7S/c1-12-18-17(13(2)31)22(34)30(18)19(23(35)36)20(12)38-15-7-9-29(21(15)33)14-6-8-28(11-14)24(37)27-16(32)10-26-25(3,4)5/h12-15,17-18,26,31H,6-11H2,1-5H3,(H,35,36)(H,27,32,37)/t12-,13-,14?,15+,17-,18-/m1/s1. The highest BCUT2D eigenvalue weighted by atomic mass is 32.2. The minimum absolute atomic E-state index is 0.0183. The molecule has 4 aliphatic rings. The van der Waals surface area contributed by atoms with Crippen molar-refractivity contribution in [3.8, 4) is 0 Å². The molecular weight excluding hydrogens is 514 g/mol. The molecule has 4 aliphatic heterocycles. The van der Waals surface area contributed by atoms with Crippen molar-refractivity contribution in [2.75, 3.05) is 26.2 Å². The van der Waals surface area contributed by atoms with Gasteiger partial charge in [-0.2, -0.15) is 0 Å². The smallest absolute Gasteiger partial charge is 0.353 e. The number of rotatable bonds is 7. The van der Waals surface area contributed by atoms with Gasteiger partial charge >= 0.3 is 12.0 Å². The number of likely N-dealkylation sites (tertiary alicyclic amines) is 2. The fourth-order valence-corrected chi connectivity index (χ4v) is 7.16. The van der Waals surface area contributed by atoms with Crippen molar-refractivity contribution in [3.05, 3.63) is 10.6 Å². The van der Waals surface area contributed by atoms with E-state index in [-0.39, 0.29) is 35.6 Å². The second-order valence-corrected chi connectivity index (χ2v) is 12.8. The molecule has 5 amide bonds. The molecule has 3 fully saturated rings. The van der Waals surface area contributed by atoms with Crippen LogP contribution in [0.2, 0.25) is 0 Å². The maximum Gasteiger partial charge on any atom is 0.353 e. The number of hydrogen-bond donors (Lipinski definition) is 4. The number of carbonyl (C=O) groups is 5. The number of aliphatic hydroxyl groups excluding tert-OH is 1. The number of β-lactam (4-membered cyclic amide) rings is 1. The molecule has 6 atom stereocenters. The molecule has 0 aromatic rings. The Morgan fingerprint density at radius 2 is 1.82 bits per heavy atom. The Balaban J connectivity index is 1.36. The maximum atomic E-state index is 13.3. The van der Waals surface area contributed by atoms with Gasteiger partial charge in [0.2, 0.25) is 17.7 Å². The van der Waals surface area contributed by atoms with Crippen LogP contribution < -0.4 is 10.6 Å². The Bertz CT molecular complexity index is 1070. The highest BCUT2D eigenvalue weighted by Gasteiger charge is 2.60. The van der Waals surface area contributed by atoms with Crippen molar-refractivity contribution >= 4 is 41.5 Å². The molecule has 210 valence electrons. The minimum atomic E-state index is -1.22. The Morgan fingerprint density at radius 3 is 2.42 bits per heavy atom. The third-order valence-corrected chi connectivity index (χ3v) is 9.23. The molecule has 0 radical (unpaired) electrons. The van der Waals surface area contributed by atoms with Gasteiger partial charge in [0.05, 0.1) is 35.9 Å². The molecule has 0 saturated carbocycles. The zero-order valence-electron chi connectivity index (χ0n) is 22.4. The van der Waals surface area contributed by atoms with Crippen LogP contribution in [-0.4, -0.2) is 110 Å². The Morgan fingerprint density at radius 1 is 1.13 bits per heavy atom. The molecule has 3 saturated heterocycles. The van der Waals surface area contributed by atoms with E-state index in [9.17, 15) is 34.2 Å². The third-order valence-electron chi connectivity index (χ3n) is 7.69. The van der Waals surface area contributed by atoms with Crippen LogP contribution in [0.5, 0.6) is 0 Å². The molecule has 0 spiro atoms. The lowest BCUT2D eigenvalue weighted by Crippen LogP contribution is -2.63. The van der Waals surface area contributed by atoms with Crippen LogP contribution in [-0.2, 0) is 19.2 Å². The van der Waals surface area contributed by atoms with Crippen LogP contribution in [0.3, 0.4) is 0 Å². The molecule has 4 heterocycles. The largest absolute Gasteiger partial charge is 0.477 e. The molecular formula is C25H37N5O7S. The van der Waals surface area contributed by atoms with Crippen LogP contribution in [0, 0.1) is 11.8 Å². The zero-order valence-corrected chi connectivity index (χ0v) is 23.2. The predicted octanol–water partition coefficient (Wildman–Crippen LogP) is 0.173. The van der Waals surface area contributed by atoms with Crippen LogP contribution in [0.1, 0.15) is 47.5 Å². The number of imide groups is 1. The summed E-state index contributed by atoms with van der Waals surface area (Å²) in [6.07, 6.45) is 0.219. The molecule has 0 aromatic carbocycles. The molecule has 4 N–H and O–H groups in total. The molecule has 38 heavy (non-hydrogen) atoms. The van der Waals surface area contributed by atoms with Gasteiger partial charge < -0.3 is 30.2 Å². The van der Waals surface area contributed by atoms with Crippen molar-refractivity contribution in [2.45, 2.75) is 76.4 Å². The van der Waals surface area contributed by atoms with E-state index >= 15 is 0 Å². The van der Waals surface area contributed by atoms with E-state index in [0.717, 1.165) is 0 Å². The number of amides is 5. The summed E-state index contributed by atoms with van der Waals surface area (Å²) in [5, 5.41) is 24.8. The summed E-state index contributed by atoms with van der Waals surface area (Å²) in [5.41, 5.74) is -0.345. The van der Waals surface area contributed by atoms with Gasteiger partial charge in [-0.3, -0.25) is 19.7 Å². The molecule has 12 nitrogen and oxygen atoms in total. The first-order valence-corrected chi connectivity index (χ1v) is 13.9. The zero-order chi connectivity index (χ0) is 28.1. The number of aliphatic hydroxyl groups is 1. The quantitative estimate of drug-likeness (QED) is 0.324. The molecule has 13 heteroatoms. The fourth-order valence-electron chi connectivity index (χ4n) is 5.75. The third kappa shape index (κ3) is 5.28. The highest BCUT2D eigenvalue weighted by molar-refractivity contribution is 8.04. The van der Waals surface area contributed by atoms with Crippen molar-refractivity contribution in [3.63, 3.8) is 0 Å². The summed E-state index contributed by atoms with van der Waals surface area (Å²) in [7, 11) is 0. The normalized spacial score (nSPS) is 30.1. The lowest BCUT2D eigenvalue weighted by atomic mass is 9.79. The fraction of sp³-hybridized carbons (Fsp3) is 0.720. The monoisotopic (exact) mass is 551 g/mol. The van der Waals surface area contributed by atoms with Crippen molar-refractivity contribution in [1.82, 2.24) is 25.3 Å². The van der Waals surface area contributed by atoms with E-state index in [2.05, 4.69) is 10.6 Å². The number of fused-ring (bicyclic) bond motifs is 1. The van der Waals surface area contributed by atoms with Gasteiger partial charge in [-0.05, 0) is 40.5 Å². The number of aliphatic carboxylic acids is 1. The SMILES string of the molecule is C[C@@H](O)[C@H]1C(=O)N2C(C(=O)O)=C(S[C@H]3CCN(C4CCN(C(=O)NC(=O)CNC(C)(C)C)C4)C3=O)[C@H](C)[C@H]12.